The van der Waals surface area contributed by atoms with E-state index in [9.17, 15) is 19.7 Å². The average molecular weight is 459 g/mol. The second-order valence-electron chi connectivity index (χ2n) is 7.40. The number of carbonyl (C=O) groups is 2. The summed E-state index contributed by atoms with van der Waals surface area (Å²) >= 11 is 7.33. The molecule has 0 radical (unpaired) electrons. The number of rotatable bonds is 6. The SMILES string of the molecule is Cc1ccccc1N=C1SC(CC(=O)Nc2cc([N+](=O)[O-])ccc2Cl)C(=O)N1C1CC1. The Morgan fingerprint density at radius 3 is 2.74 bits per heavy atom. The van der Waals surface area contributed by atoms with Crippen molar-refractivity contribution in [1.82, 2.24) is 4.90 Å². The van der Waals surface area contributed by atoms with Crippen molar-refractivity contribution in [3.05, 3.63) is 63.2 Å². The minimum Gasteiger partial charge on any atom is -0.325 e. The summed E-state index contributed by atoms with van der Waals surface area (Å²) < 4.78 is 0. The minimum absolute atomic E-state index is 0.0848. The highest BCUT2D eigenvalue weighted by atomic mass is 35.5. The molecule has 0 aromatic heterocycles. The first-order valence-electron chi connectivity index (χ1n) is 9.71. The molecule has 8 nitrogen and oxygen atoms in total. The Labute approximate surface area is 187 Å². The van der Waals surface area contributed by atoms with Crippen LogP contribution in [0.4, 0.5) is 17.1 Å². The van der Waals surface area contributed by atoms with Crippen LogP contribution in [0.1, 0.15) is 24.8 Å². The second-order valence-corrected chi connectivity index (χ2v) is 8.98. The molecule has 2 aliphatic rings. The van der Waals surface area contributed by atoms with Gasteiger partial charge < -0.3 is 5.32 Å². The van der Waals surface area contributed by atoms with Crippen molar-refractivity contribution in [2.45, 2.75) is 37.5 Å². The predicted molar refractivity (Wildman–Crippen MR) is 121 cm³/mol. The topological polar surface area (TPSA) is 105 Å². The largest absolute Gasteiger partial charge is 0.325 e. The maximum Gasteiger partial charge on any atom is 0.271 e. The number of nitrogens with one attached hydrogen (secondary N) is 1. The maximum atomic E-state index is 13.0. The molecule has 1 aliphatic heterocycles. The lowest BCUT2D eigenvalue weighted by molar-refractivity contribution is -0.384. The molecule has 1 saturated carbocycles. The molecule has 1 aliphatic carbocycles. The molecule has 4 rings (SSSR count). The van der Waals surface area contributed by atoms with E-state index in [-0.39, 0.29) is 34.8 Å². The van der Waals surface area contributed by atoms with Gasteiger partial charge in [-0.05, 0) is 37.5 Å². The van der Waals surface area contributed by atoms with E-state index in [1.54, 1.807) is 4.90 Å². The first-order valence-corrected chi connectivity index (χ1v) is 11.0. The van der Waals surface area contributed by atoms with Gasteiger partial charge >= 0.3 is 0 Å². The van der Waals surface area contributed by atoms with Gasteiger partial charge in [0.05, 0.1) is 21.3 Å². The van der Waals surface area contributed by atoms with Crippen LogP contribution in [0.5, 0.6) is 0 Å². The van der Waals surface area contributed by atoms with Crippen molar-refractivity contribution in [2.75, 3.05) is 5.32 Å². The van der Waals surface area contributed by atoms with Crippen molar-refractivity contribution in [1.29, 1.82) is 0 Å². The first-order chi connectivity index (χ1) is 14.8. The van der Waals surface area contributed by atoms with Crippen LogP contribution in [0.2, 0.25) is 5.02 Å². The summed E-state index contributed by atoms with van der Waals surface area (Å²) in [6.45, 7) is 1.95. The van der Waals surface area contributed by atoms with E-state index >= 15 is 0 Å². The number of amidine groups is 1. The molecule has 2 aromatic rings. The third-order valence-corrected chi connectivity index (χ3v) is 6.50. The molecule has 0 spiro atoms. The Balaban J connectivity index is 1.51. The quantitative estimate of drug-likeness (QED) is 0.499. The van der Waals surface area contributed by atoms with Crippen LogP contribution in [0.25, 0.3) is 0 Å². The highest BCUT2D eigenvalue weighted by Crippen LogP contribution is 2.40. The van der Waals surface area contributed by atoms with E-state index in [0.717, 1.165) is 24.1 Å². The van der Waals surface area contributed by atoms with Gasteiger partial charge in [0.2, 0.25) is 11.8 Å². The van der Waals surface area contributed by atoms with Crippen molar-refractivity contribution < 1.29 is 14.5 Å². The summed E-state index contributed by atoms with van der Waals surface area (Å²) in [4.78, 5) is 42.4. The minimum atomic E-state index is -0.610. The molecule has 1 unspecified atom stereocenters. The lowest BCUT2D eigenvalue weighted by Gasteiger charge is -2.15. The summed E-state index contributed by atoms with van der Waals surface area (Å²) in [7, 11) is 0. The molecule has 1 saturated heterocycles. The average Bonchev–Trinajstić information content (AvgIpc) is 3.51. The van der Waals surface area contributed by atoms with E-state index in [4.69, 9.17) is 16.6 Å². The molecule has 1 atom stereocenters. The van der Waals surface area contributed by atoms with Crippen molar-refractivity contribution >= 4 is 57.4 Å². The summed E-state index contributed by atoms with van der Waals surface area (Å²) in [5.41, 5.74) is 1.75. The van der Waals surface area contributed by atoms with E-state index in [1.165, 1.54) is 30.0 Å². The fourth-order valence-electron chi connectivity index (χ4n) is 3.25. The molecule has 2 amide bonds. The summed E-state index contributed by atoms with van der Waals surface area (Å²) in [5.74, 6) is -0.582. The number of amides is 2. The third kappa shape index (κ3) is 4.72. The zero-order chi connectivity index (χ0) is 22.1. The molecule has 0 bridgehead atoms. The number of nitrogens with zero attached hydrogens (tertiary/aromatic N) is 3. The lowest BCUT2D eigenvalue weighted by atomic mass is 10.2. The van der Waals surface area contributed by atoms with Crippen LogP contribution < -0.4 is 5.32 Å². The van der Waals surface area contributed by atoms with E-state index in [2.05, 4.69) is 5.32 Å². The number of halogens is 1. The number of non-ortho nitro benzene ring substituents is 1. The lowest BCUT2D eigenvalue weighted by Crippen LogP contribution is -2.35. The molecule has 2 fully saturated rings. The number of thioether (sulfide) groups is 1. The summed E-state index contributed by atoms with van der Waals surface area (Å²) in [5, 5.41) is 13.7. The highest BCUT2D eigenvalue weighted by Gasteiger charge is 2.46. The number of anilines is 1. The Morgan fingerprint density at radius 1 is 1.32 bits per heavy atom. The van der Waals surface area contributed by atoms with Crippen molar-refractivity contribution in [3.8, 4) is 0 Å². The zero-order valence-corrected chi connectivity index (χ0v) is 18.2. The Morgan fingerprint density at radius 2 is 2.06 bits per heavy atom. The number of nitro benzene ring substituents is 1. The van der Waals surface area contributed by atoms with E-state index < -0.39 is 16.1 Å². The Hall–Kier alpha value is -2.91. The predicted octanol–water partition coefficient (Wildman–Crippen LogP) is 4.68. The van der Waals surface area contributed by atoms with Gasteiger partial charge in [-0.1, -0.05) is 41.6 Å². The molecule has 2 aromatic carbocycles. The fourth-order valence-corrected chi connectivity index (χ4v) is 4.62. The van der Waals surface area contributed by atoms with Crippen molar-refractivity contribution in [2.24, 2.45) is 4.99 Å². The molecule has 1 heterocycles. The Kier molecular flexibility index (Phi) is 5.97. The molecular weight excluding hydrogens is 440 g/mol. The number of hydrogen-bond donors (Lipinski definition) is 1. The van der Waals surface area contributed by atoms with Gasteiger partial charge in [-0.2, -0.15) is 0 Å². The number of carbonyl (C=O) groups excluding carboxylic acids is 2. The Bertz CT molecular complexity index is 1100. The van der Waals surface area contributed by atoms with E-state index in [0.29, 0.717) is 5.17 Å². The van der Waals surface area contributed by atoms with Crippen LogP contribution in [-0.2, 0) is 9.59 Å². The number of nitro groups is 1. The molecule has 10 heteroatoms. The number of aliphatic imine (C=N–C) groups is 1. The summed E-state index contributed by atoms with van der Waals surface area (Å²) in [6.07, 6.45) is 1.75. The standard InChI is InChI=1S/C21H19ClN4O4S/c1-12-4-2-3-5-16(12)24-21-25(13-6-7-13)20(28)18(31-21)11-19(27)23-17-10-14(26(29)30)8-9-15(17)22/h2-5,8-10,13,18H,6-7,11H2,1H3,(H,23,27). The van der Waals surface area contributed by atoms with Crippen molar-refractivity contribution in [3.63, 3.8) is 0 Å². The summed E-state index contributed by atoms with van der Waals surface area (Å²) in [6, 6.07) is 11.6. The number of hydrogen-bond acceptors (Lipinski definition) is 6. The molecular formula is C21H19ClN4O4S. The first kappa shape index (κ1) is 21.3. The van der Waals surface area contributed by atoms with Gasteiger partial charge in [0.25, 0.3) is 5.69 Å². The number of aryl methyl sites for hydroxylation is 1. The van der Waals surface area contributed by atoms with Crippen LogP contribution in [0, 0.1) is 17.0 Å². The number of para-hydroxylation sites is 1. The fraction of sp³-hybridized carbons (Fsp3) is 0.286. The maximum absolute atomic E-state index is 13.0. The monoisotopic (exact) mass is 458 g/mol. The van der Waals surface area contributed by atoms with Crippen LogP contribution in [-0.4, -0.2) is 38.1 Å². The van der Waals surface area contributed by atoms with Crippen LogP contribution in [0.3, 0.4) is 0 Å². The third-order valence-electron chi connectivity index (χ3n) is 5.02. The van der Waals surface area contributed by atoms with Crippen LogP contribution >= 0.6 is 23.4 Å². The highest BCUT2D eigenvalue weighted by molar-refractivity contribution is 8.15. The van der Waals surface area contributed by atoms with Gasteiger partial charge in [0, 0.05) is 24.6 Å². The molecule has 31 heavy (non-hydrogen) atoms. The van der Waals surface area contributed by atoms with E-state index in [1.807, 2.05) is 31.2 Å². The normalized spacial score (nSPS) is 19.7. The van der Waals surface area contributed by atoms with Gasteiger partial charge in [-0.25, -0.2) is 4.99 Å². The molecule has 160 valence electrons. The van der Waals surface area contributed by atoms with Gasteiger partial charge in [0.15, 0.2) is 5.17 Å². The number of benzene rings is 2. The van der Waals surface area contributed by atoms with Gasteiger partial charge in [0.1, 0.15) is 5.25 Å². The molecule has 1 N–H and O–H groups in total. The van der Waals surface area contributed by atoms with Gasteiger partial charge in [-0.15, -0.1) is 0 Å². The second kappa shape index (κ2) is 8.68. The smallest absolute Gasteiger partial charge is 0.271 e. The van der Waals surface area contributed by atoms with Gasteiger partial charge in [-0.3, -0.25) is 24.6 Å². The van der Waals surface area contributed by atoms with Crippen LogP contribution in [0.15, 0.2) is 47.5 Å². The zero-order valence-electron chi connectivity index (χ0n) is 16.6.